The monoisotopic (exact) mass is 415 g/mol. The minimum absolute atomic E-state index is 0.182. The van der Waals surface area contributed by atoms with Crippen LogP contribution >= 0.6 is 43.2 Å². The molecule has 1 N–H and O–H groups in total. The van der Waals surface area contributed by atoms with Crippen LogP contribution in [-0.4, -0.2) is 13.2 Å². The summed E-state index contributed by atoms with van der Waals surface area (Å²) < 4.78 is 8.08. The number of nitrogens with one attached hydrogen (secondary N) is 1. The van der Waals surface area contributed by atoms with E-state index in [0.717, 1.165) is 13.3 Å². The quantitative estimate of drug-likeness (QED) is 0.729. The van der Waals surface area contributed by atoms with Crippen molar-refractivity contribution < 1.29 is 4.74 Å². The molecule has 5 heteroatoms. The molecule has 3 rings (SSSR count). The van der Waals surface area contributed by atoms with E-state index in [9.17, 15) is 0 Å². The lowest BCUT2D eigenvalue weighted by molar-refractivity contribution is 0.303. The summed E-state index contributed by atoms with van der Waals surface area (Å²) in [6.07, 6.45) is 2.83. The number of halogens is 2. The van der Waals surface area contributed by atoms with Crippen molar-refractivity contribution in [2.24, 2.45) is 0 Å². The summed E-state index contributed by atoms with van der Waals surface area (Å²) in [6, 6.07) is 10.7. The molecule has 0 radical (unpaired) electrons. The Balaban J connectivity index is 1.83. The third-order valence-corrected chi connectivity index (χ3v) is 5.71. The normalized spacial score (nSPS) is 16.1. The first-order chi connectivity index (χ1) is 9.67. The van der Waals surface area contributed by atoms with E-state index in [1.165, 1.54) is 24.0 Å². The predicted octanol–water partition coefficient (Wildman–Crippen LogP) is 5.12. The Bertz CT molecular complexity index is 592. The van der Waals surface area contributed by atoms with E-state index < -0.39 is 0 Å². The molecule has 0 bridgehead atoms. The minimum Gasteiger partial charge on any atom is -0.490 e. The van der Waals surface area contributed by atoms with Crippen LogP contribution in [0.4, 0.5) is 0 Å². The molecule has 1 unspecified atom stereocenters. The van der Waals surface area contributed by atoms with Crippen molar-refractivity contribution in [1.82, 2.24) is 5.32 Å². The molecule has 0 aliphatic heterocycles. The molecule has 1 aliphatic carbocycles. The van der Waals surface area contributed by atoms with Gasteiger partial charge in [0.1, 0.15) is 5.75 Å². The molecule has 2 aromatic rings. The Labute approximate surface area is 139 Å². The van der Waals surface area contributed by atoms with E-state index in [2.05, 4.69) is 67.5 Å². The zero-order chi connectivity index (χ0) is 14.1. The van der Waals surface area contributed by atoms with Gasteiger partial charge in [0.05, 0.1) is 19.7 Å². The van der Waals surface area contributed by atoms with Gasteiger partial charge in [-0.3, -0.25) is 0 Å². The Morgan fingerprint density at radius 2 is 1.95 bits per heavy atom. The number of ether oxygens (including phenoxy) is 1. The summed E-state index contributed by atoms with van der Waals surface area (Å²) in [5.74, 6) is 0.969. The molecule has 20 heavy (non-hydrogen) atoms. The van der Waals surface area contributed by atoms with Crippen LogP contribution in [0.5, 0.6) is 5.75 Å². The maximum absolute atomic E-state index is 5.79. The van der Waals surface area contributed by atoms with Crippen molar-refractivity contribution in [2.75, 3.05) is 7.05 Å². The number of thiophene rings is 1. The molecule has 1 aromatic carbocycles. The molecule has 1 atom stereocenters. The van der Waals surface area contributed by atoms with Crippen molar-refractivity contribution in [2.45, 2.75) is 25.0 Å². The molecule has 1 fully saturated rings. The number of hydrogen-bond donors (Lipinski definition) is 1. The predicted molar refractivity (Wildman–Crippen MR) is 90.7 cm³/mol. The van der Waals surface area contributed by atoms with E-state index in [1.807, 2.05) is 7.05 Å². The topological polar surface area (TPSA) is 21.3 Å². The summed E-state index contributed by atoms with van der Waals surface area (Å²) in [6.45, 7) is 0. The zero-order valence-electron chi connectivity index (χ0n) is 11.0. The first-order valence-electron chi connectivity index (χ1n) is 6.56. The Kier molecular flexibility index (Phi) is 4.50. The second kappa shape index (κ2) is 6.18. The molecule has 0 spiro atoms. The smallest absolute Gasteiger partial charge is 0.119 e. The van der Waals surface area contributed by atoms with Crippen LogP contribution in [-0.2, 0) is 0 Å². The van der Waals surface area contributed by atoms with E-state index >= 15 is 0 Å². The van der Waals surface area contributed by atoms with Crippen molar-refractivity contribution in [3.63, 3.8) is 0 Å². The lowest BCUT2D eigenvalue weighted by Crippen LogP contribution is -2.17. The van der Waals surface area contributed by atoms with E-state index in [1.54, 1.807) is 11.3 Å². The van der Waals surface area contributed by atoms with Gasteiger partial charge in [-0.05, 0) is 81.1 Å². The van der Waals surface area contributed by atoms with Gasteiger partial charge in [0.2, 0.25) is 0 Å². The molecule has 1 aromatic heterocycles. The van der Waals surface area contributed by atoms with Gasteiger partial charge in [0.15, 0.2) is 0 Å². The summed E-state index contributed by atoms with van der Waals surface area (Å²) in [4.78, 5) is 0. The minimum atomic E-state index is 0.182. The van der Waals surface area contributed by atoms with Gasteiger partial charge >= 0.3 is 0 Å². The summed E-state index contributed by atoms with van der Waals surface area (Å²) in [5, 5.41) is 3.38. The van der Waals surface area contributed by atoms with Gasteiger partial charge in [0, 0.05) is 0 Å². The average molecular weight is 417 g/mol. The first kappa shape index (κ1) is 14.6. The van der Waals surface area contributed by atoms with Crippen LogP contribution in [0.1, 0.15) is 30.0 Å². The summed E-state index contributed by atoms with van der Waals surface area (Å²) >= 11 is 8.87. The van der Waals surface area contributed by atoms with Crippen LogP contribution in [0.3, 0.4) is 0 Å². The Morgan fingerprint density at radius 1 is 1.25 bits per heavy atom. The Morgan fingerprint density at radius 3 is 2.45 bits per heavy atom. The summed E-state index contributed by atoms with van der Waals surface area (Å²) in [5.41, 5.74) is 2.49. The Hall–Kier alpha value is -0.360. The first-order valence-corrected chi connectivity index (χ1v) is 8.96. The highest BCUT2D eigenvalue weighted by Crippen LogP contribution is 2.38. The fourth-order valence-electron chi connectivity index (χ4n) is 2.17. The standard InChI is InChI=1S/C15H15Br2NOS/c1-18-14(12-8-13(16)20-15(12)17)9-2-4-10(5-3-9)19-11-6-7-11/h2-5,8,11,14,18H,6-7H2,1H3. The van der Waals surface area contributed by atoms with Crippen LogP contribution in [0.15, 0.2) is 37.9 Å². The molecule has 2 nitrogen and oxygen atoms in total. The summed E-state index contributed by atoms with van der Waals surface area (Å²) in [7, 11) is 1.98. The average Bonchev–Trinajstić information content (AvgIpc) is 3.18. The van der Waals surface area contributed by atoms with E-state index in [4.69, 9.17) is 4.74 Å². The van der Waals surface area contributed by atoms with Crippen LogP contribution in [0.2, 0.25) is 0 Å². The van der Waals surface area contributed by atoms with Gasteiger partial charge in [0.25, 0.3) is 0 Å². The number of benzene rings is 1. The number of rotatable bonds is 5. The molecule has 1 aliphatic rings. The fraction of sp³-hybridized carbons (Fsp3) is 0.333. The third kappa shape index (κ3) is 3.27. The molecule has 106 valence electrons. The number of hydrogen-bond acceptors (Lipinski definition) is 3. The maximum atomic E-state index is 5.79. The van der Waals surface area contributed by atoms with Gasteiger partial charge < -0.3 is 10.1 Å². The van der Waals surface area contributed by atoms with Crippen molar-refractivity contribution in [1.29, 1.82) is 0 Å². The highest BCUT2D eigenvalue weighted by atomic mass is 79.9. The maximum Gasteiger partial charge on any atom is 0.119 e. The molecular weight excluding hydrogens is 402 g/mol. The zero-order valence-corrected chi connectivity index (χ0v) is 15.0. The van der Waals surface area contributed by atoms with Crippen molar-refractivity contribution >= 4 is 43.2 Å². The molecule has 0 saturated heterocycles. The van der Waals surface area contributed by atoms with Gasteiger partial charge in [-0.2, -0.15) is 0 Å². The highest BCUT2D eigenvalue weighted by molar-refractivity contribution is 9.12. The van der Waals surface area contributed by atoms with Gasteiger partial charge in [-0.25, -0.2) is 0 Å². The lowest BCUT2D eigenvalue weighted by Gasteiger charge is -2.17. The van der Waals surface area contributed by atoms with E-state index in [-0.39, 0.29) is 6.04 Å². The van der Waals surface area contributed by atoms with Crippen molar-refractivity contribution in [3.8, 4) is 5.75 Å². The van der Waals surface area contributed by atoms with Crippen LogP contribution in [0.25, 0.3) is 0 Å². The second-order valence-electron chi connectivity index (χ2n) is 4.89. The van der Waals surface area contributed by atoms with Gasteiger partial charge in [-0.1, -0.05) is 12.1 Å². The SMILES string of the molecule is CNC(c1ccc(OC2CC2)cc1)c1cc(Br)sc1Br. The molecule has 1 saturated carbocycles. The largest absolute Gasteiger partial charge is 0.490 e. The molecule has 1 heterocycles. The molecule has 0 amide bonds. The van der Waals surface area contributed by atoms with E-state index in [0.29, 0.717) is 6.10 Å². The van der Waals surface area contributed by atoms with Gasteiger partial charge in [-0.15, -0.1) is 11.3 Å². The van der Waals surface area contributed by atoms with Crippen LogP contribution in [0, 0.1) is 0 Å². The third-order valence-electron chi connectivity index (χ3n) is 3.32. The van der Waals surface area contributed by atoms with Crippen molar-refractivity contribution in [3.05, 3.63) is 49.0 Å². The van der Waals surface area contributed by atoms with Crippen LogP contribution < -0.4 is 10.1 Å². The molecular formula is C15H15Br2NOS. The lowest BCUT2D eigenvalue weighted by atomic mass is 10.0. The fourth-order valence-corrected chi connectivity index (χ4v) is 5.07. The highest BCUT2D eigenvalue weighted by Gasteiger charge is 2.23. The second-order valence-corrected chi connectivity index (χ2v) is 8.64.